The van der Waals surface area contributed by atoms with E-state index < -0.39 is 155 Å². The second kappa shape index (κ2) is 47.1. The van der Waals surface area contributed by atoms with Crippen LogP contribution in [0.1, 0.15) is 155 Å². The van der Waals surface area contributed by atoms with Gasteiger partial charge in [0.2, 0.25) is 70.9 Å². The van der Waals surface area contributed by atoms with Gasteiger partial charge in [-0.2, -0.15) is 0 Å². The summed E-state index contributed by atoms with van der Waals surface area (Å²) in [7, 11) is 0. The van der Waals surface area contributed by atoms with E-state index in [4.69, 9.17) is 22.9 Å². The number of carbonyl (C=O) groups excluding carboxylic acids is 12. The van der Waals surface area contributed by atoms with E-state index in [-0.39, 0.29) is 127 Å². The van der Waals surface area contributed by atoms with Gasteiger partial charge in [-0.05, 0) is 173 Å². The Balaban J connectivity index is 1.69. The molecule has 0 aromatic heterocycles. The minimum atomic E-state index is -1.48. The third-order valence-electron chi connectivity index (χ3n) is 18.8. The van der Waals surface area contributed by atoms with Crippen molar-refractivity contribution in [2.75, 3.05) is 26.2 Å². The molecule has 4 aromatic rings. The van der Waals surface area contributed by atoms with E-state index in [1.54, 1.807) is 88.4 Å². The quantitative estimate of drug-likeness (QED) is 0.0357. The van der Waals surface area contributed by atoms with Crippen LogP contribution in [0.25, 0.3) is 0 Å². The van der Waals surface area contributed by atoms with Crippen LogP contribution in [0.5, 0.6) is 11.5 Å². The van der Waals surface area contributed by atoms with Crippen LogP contribution in [0.15, 0.2) is 109 Å². The number of nitrogens with two attached hydrogens (primary N) is 4. The normalized spacial score (nSPS) is 23.5. The first-order valence-electron chi connectivity index (χ1n) is 38.5. The van der Waals surface area contributed by atoms with E-state index in [0.29, 0.717) is 47.9 Å². The Kier molecular flexibility index (Phi) is 38.8. The highest BCUT2D eigenvalue weighted by Gasteiger charge is 2.39. The van der Waals surface area contributed by atoms with Gasteiger partial charge in [-0.3, -0.25) is 57.5 Å². The van der Waals surface area contributed by atoms with Crippen LogP contribution >= 0.6 is 0 Å². The predicted molar refractivity (Wildman–Crippen MR) is 418 cm³/mol. The summed E-state index contributed by atoms with van der Waals surface area (Å²) in [6.45, 7) is 14.4. The molecular weight excluding hydrogens is 1410 g/mol. The third-order valence-corrected chi connectivity index (χ3v) is 18.8. The third kappa shape index (κ3) is 31.1. The fourth-order valence-electron chi connectivity index (χ4n) is 12.7. The SMILES string of the molecule is CC(C)C[C@@H]1NC(=O)[C@H](CCCN)NC(=O)[C@H](C(C)C)NC(=O)[C@@H](Cc2ccc(O)cc2)NC(=O)[C@H](CCCCN)NC(=O)[C@@H](Cc2ccccc2)NC(=O)[C@H](CC(C)C)NC(=O)[C@H](CCCN)NC(=O)[C@H](C(C)C)NC(=O)[C@@H](Cc2ccc(O)cc2)NC(=O)[C@H](CCCCN)NC(=O)[C@@H](Cc2ccccc2)NC1=O. The maximum Gasteiger partial charge on any atom is 0.243 e. The van der Waals surface area contributed by atoms with Crippen LogP contribution in [-0.2, 0) is 83.2 Å². The Morgan fingerprint density at radius 2 is 0.482 bits per heavy atom. The van der Waals surface area contributed by atoms with Gasteiger partial charge >= 0.3 is 0 Å². The molecule has 0 radical (unpaired) electrons. The molecule has 12 amide bonds. The molecule has 1 fully saturated rings. The number of rotatable bonds is 28. The zero-order valence-corrected chi connectivity index (χ0v) is 64.9. The Labute approximate surface area is 646 Å². The molecule has 0 spiro atoms. The van der Waals surface area contributed by atoms with Crippen LogP contribution in [0.4, 0.5) is 0 Å². The summed E-state index contributed by atoms with van der Waals surface area (Å²) in [5, 5.41) is 54.2. The van der Waals surface area contributed by atoms with Crippen molar-refractivity contribution < 1.29 is 67.7 Å². The van der Waals surface area contributed by atoms with Crippen molar-refractivity contribution in [1.29, 1.82) is 0 Å². The zero-order chi connectivity index (χ0) is 81.0. The molecule has 12 atom stereocenters. The number of amides is 12. The lowest BCUT2D eigenvalue weighted by Gasteiger charge is -2.30. The number of nitrogens with one attached hydrogen (secondary N) is 12. The molecule has 4 aromatic carbocycles. The van der Waals surface area contributed by atoms with Gasteiger partial charge in [0, 0.05) is 25.7 Å². The lowest BCUT2D eigenvalue weighted by molar-refractivity contribution is -0.137. The van der Waals surface area contributed by atoms with E-state index in [1.807, 2.05) is 27.7 Å². The monoisotopic (exact) mass is 1530 g/mol. The highest BCUT2D eigenvalue weighted by atomic mass is 16.3. The maximum atomic E-state index is 15.1. The van der Waals surface area contributed by atoms with Gasteiger partial charge in [-0.1, -0.05) is 140 Å². The summed E-state index contributed by atoms with van der Waals surface area (Å²) >= 11 is 0. The molecule has 0 aliphatic carbocycles. The number of aromatic hydroxyl groups is 2. The summed E-state index contributed by atoms with van der Waals surface area (Å²) in [6.07, 6.45) is 1.07. The van der Waals surface area contributed by atoms with Crippen LogP contribution < -0.4 is 86.7 Å². The lowest BCUT2D eigenvalue weighted by atomic mass is 9.98. The van der Waals surface area contributed by atoms with Gasteiger partial charge in [0.05, 0.1) is 0 Å². The first-order valence-corrected chi connectivity index (χ1v) is 38.5. The number of benzene rings is 4. The molecule has 1 heterocycles. The summed E-state index contributed by atoms with van der Waals surface area (Å²) < 4.78 is 0. The summed E-state index contributed by atoms with van der Waals surface area (Å²) in [5.41, 5.74) is 26.0. The molecule has 110 heavy (non-hydrogen) atoms. The van der Waals surface area contributed by atoms with Crippen molar-refractivity contribution in [3.63, 3.8) is 0 Å². The average molecular weight is 1530 g/mol. The molecular formula is C80H120N16O14. The number of phenolic OH excluding ortho intramolecular Hbond substituents is 2. The minimum absolute atomic E-state index is 0.0164. The molecule has 30 nitrogen and oxygen atoms in total. The Hall–Kier alpha value is -10.0. The first kappa shape index (κ1) is 90.6. The van der Waals surface area contributed by atoms with Crippen molar-refractivity contribution in [2.45, 2.75) is 231 Å². The van der Waals surface area contributed by atoms with Gasteiger partial charge in [0.25, 0.3) is 0 Å². The van der Waals surface area contributed by atoms with E-state index >= 15 is 19.2 Å². The fraction of sp³-hybridized carbons (Fsp3) is 0.550. The molecule has 30 heteroatoms. The summed E-state index contributed by atoms with van der Waals surface area (Å²) in [5.74, 6) is -12.0. The number of phenols is 2. The van der Waals surface area contributed by atoms with Gasteiger partial charge < -0.3 is 96.9 Å². The average Bonchev–Trinajstić information content (AvgIpc) is 0.851. The Morgan fingerprint density at radius 1 is 0.264 bits per heavy atom. The molecule has 0 bridgehead atoms. The predicted octanol–water partition coefficient (Wildman–Crippen LogP) is 1.34. The number of unbranched alkanes of at least 4 members (excludes halogenated alkanes) is 2. The van der Waals surface area contributed by atoms with E-state index in [0.717, 1.165) is 0 Å². The molecule has 604 valence electrons. The van der Waals surface area contributed by atoms with Crippen molar-refractivity contribution in [2.24, 2.45) is 46.6 Å². The van der Waals surface area contributed by atoms with Crippen LogP contribution in [-0.4, -0.2) is 180 Å². The minimum Gasteiger partial charge on any atom is -0.508 e. The van der Waals surface area contributed by atoms with Gasteiger partial charge in [0.15, 0.2) is 0 Å². The van der Waals surface area contributed by atoms with Gasteiger partial charge in [-0.15, -0.1) is 0 Å². The van der Waals surface area contributed by atoms with Crippen molar-refractivity contribution in [3.8, 4) is 11.5 Å². The highest BCUT2D eigenvalue weighted by molar-refractivity contribution is 6.00. The molecule has 5 rings (SSSR count). The van der Waals surface area contributed by atoms with Crippen molar-refractivity contribution in [3.05, 3.63) is 131 Å². The van der Waals surface area contributed by atoms with Crippen LogP contribution in [0.2, 0.25) is 0 Å². The van der Waals surface area contributed by atoms with Gasteiger partial charge in [-0.25, -0.2) is 0 Å². The fourth-order valence-corrected chi connectivity index (χ4v) is 12.7. The molecule has 22 N–H and O–H groups in total. The lowest BCUT2D eigenvalue weighted by Crippen LogP contribution is -2.62. The topological polar surface area (TPSA) is 494 Å². The maximum absolute atomic E-state index is 15.1. The molecule has 1 aliphatic rings. The number of hydrogen-bond acceptors (Lipinski definition) is 18. The Bertz CT molecular complexity index is 3370. The zero-order valence-electron chi connectivity index (χ0n) is 64.9. The number of hydrogen-bond donors (Lipinski definition) is 18. The van der Waals surface area contributed by atoms with Crippen molar-refractivity contribution in [1.82, 2.24) is 63.8 Å². The van der Waals surface area contributed by atoms with Crippen LogP contribution in [0, 0.1) is 23.7 Å². The molecule has 0 saturated carbocycles. The molecule has 1 saturated heterocycles. The molecule has 1 aliphatic heterocycles. The van der Waals surface area contributed by atoms with E-state index in [9.17, 15) is 48.6 Å². The second-order valence-corrected chi connectivity index (χ2v) is 29.9. The Morgan fingerprint density at radius 3 is 0.745 bits per heavy atom. The van der Waals surface area contributed by atoms with Crippen molar-refractivity contribution >= 4 is 70.9 Å². The van der Waals surface area contributed by atoms with E-state index in [2.05, 4.69) is 63.8 Å². The molecule has 0 unspecified atom stereocenters. The van der Waals surface area contributed by atoms with Gasteiger partial charge in [0.1, 0.15) is 84.0 Å². The number of carbonyl (C=O) groups is 12. The summed E-state index contributed by atoms with van der Waals surface area (Å²) in [4.78, 5) is 179. The smallest absolute Gasteiger partial charge is 0.243 e. The van der Waals surface area contributed by atoms with E-state index in [1.165, 1.54) is 48.5 Å². The highest BCUT2D eigenvalue weighted by Crippen LogP contribution is 2.19. The first-order chi connectivity index (χ1) is 52.4. The largest absolute Gasteiger partial charge is 0.508 e. The second-order valence-electron chi connectivity index (χ2n) is 29.9. The summed E-state index contributed by atoms with van der Waals surface area (Å²) in [6, 6.07) is 12.3. The standard InChI is InChI=1S/C80H120N16O14/c1-47(2)41-61-73(103)93-63(43-51-21-11-9-12-22-51)75(105)85-57(25-15-17-37-81)69(99)91-66(46-54-31-35-56(98)36-32-54)78(108)96-68(50(7)8)80(110)88-60(28-20-40-84)72(102)90-62(42-48(3)4)74(104)94-64(44-52-23-13-10-14-24-52)76(106)86-58(26-16-18-38-82)70(100)92-65(45-53-29-33-55(97)34-30-53)77(107)95-67(49(5)6)79(109)87-59(27-19-39-83)71(101)89-61/h9-14,21-24,29-36,47-50,57-68,97-98H,15-20,25-28,37-46,81-84H2,1-8H3,(H,85,105)(H,86,106)(H,87,109)(H,88,110)(H,89,101)(H,90,102)(H,91,99)(H,92,100)(H,93,103)(H,94,104)(H,95,107)(H,96,108)/t57-,58-,59-,60-,61-,62-,63+,64+,65+,66+,67-,68-/m0/s1. The van der Waals surface area contributed by atoms with Crippen LogP contribution in [0.3, 0.4) is 0 Å².